The number of carboxylic acids is 1. The number of phenolic OH excluding ortho intramolecular Hbond substituents is 1. The van der Waals surface area contributed by atoms with Crippen molar-refractivity contribution in [2.45, 2.75) is 44.9 Å². The molecule has 21 heavy (non-hydrogen) atoms. The Balaban J connectivity index is 2.37. The predicted molar refractivity (Wildman–Crippen MR) is 75.0 cm³/mol. The van der Waals surface area contributed by atoms with E-state index in [1.807, 2.05) is 0 Å². The van der Waals surface area contributed by atoms with Crippen molar-refractivity contribution in [2.24, 2.45) is 0 Å². The van der Waals surface area contributed by atoms with Crippen LogP contribution in [0.15, 0.2) is 18.2 Å². The number of hydrogen-bond acceptors (Lipinski definition) is 5. The van der Waals surface area contributed by atoms with Crippen molar-refractivity contribution in [1.29, 1.82) is 0 Å². The molecule has 0 radical (unpaired) electrons. The molecule has 2 rings (SSSR count). The molecule has 1 heterocycles. The second kappa shape index (κ2) is 5.37. The molecule has 6 heteroatoms. The normalized spacial score (nSPS) is 21.5. The molecule has 0 aromatic heterocycles. The summed E-state index contributed by atoms with van der Waals surface area (Å²) in [6.45, 7) is 5.23. The van der Waals surface area contributed by atoms with Gasteiger partial charge < -0.3 is 14.9 Å². The third-order valence-corrected chi connectivity index (χ3v) is 3.17. The highest BCUT2D eigenvalue weighted by Crippen LogP contribution is 2.30. The van der Waals surface area contributed by atoms with Gasteiger partial charge in [0.2, 0.25) is 0 Å². The zero-order chi connectivity index (χ0) is 15.8. The number of phenols is 1. The lowest BCUT2D eigenvalue weighted by atomic mass is 9.90. The number of esters is 1. The van der Waals surface area contributed by atoms with Gasteiger partial charge in [0, 0.05) is 0 Å². The van der Waals surface area contributed by atoms with Crippen LogP contribution in [0.2, 0.25) is 0 Å². The van der Waals surface area contributed by atoms with Crippen LogP contribution in [-0.4, -0.2) is 33.8 Å². The minimum absolute atomic E-state index is 0.0258. The summed E-state index contributed by atoms with van der Waals surface area (Å²) in [6, 6.07) is 2.82. The molecular formula is C15H19NO5. The second-order valence-electron chi connectivity index (χ2n) is 6.11. The van der Waals surface area contributed by atoms with Gasteiger partial charge in [-0.2, -0.15) is 0 Å². The summed E-state index contributed by atoms with van der Waals surface area (Å²) in [6.07, 6.45) is 0.254. The molecule has 0 aliphatic carbocycles. The van der Waals surface area contributed by atoms with E-state index in [2.05, 4.69) is 5.32 Å². The topological polar surface area (TPSA) is 95.9 Å². The van der Waals surface area contributed by atoms with Crippen molar-refractivity contribution in [3.8, 4) is 5.75 Å². The summed E-state index contributed by atoms with van der Waals surface area (Å²) in [5.74, 6) is -1.56. The van der Waals surface area contributed by atoms with Gasteiger partial charge >= 0.3 is 11.9 Å². The minimum atomic E-state index is -1.03. The molecule has 1 unspecified atom stereocenters. The average Bonchev–Trinajstić information content (AvgIpc) is 2.35. The molecule has 1 aliphatic rings. The number of aliphatic carboxylic acids is 1. The van der Waals surface area contributed by atoms with Crippen molar-refractivity contribution < 1.29 is 24.5 Å². The van der Waals surface area contributed by atoms with E-state index >= 15 is 0 Å². The number of fused-ring (bicyclic) bond motifs is 1. The fourth-order valence-electron chi connectivity index (χ4n) is 2.32. The third-order valence-electron chi connectivity index (χ3n) is 3.17. The van der Waals surface area contributed by atoms with Gasteiger partial charge in [-0.25, -0.2) is 4.79 Å². The first kappa shape index (κ1) is 15.3. The molecule has 2 atom stereocenters. The van der Waals surface area contributed by atoms with Gasteiger partial charge in [-0.3, -0.25) is 10.1 Å². The zero-order valence-electron chi connectivity index (χ0n) is 12.2. The van der Waals surface area contributed by atoms with Crippen LogP contribution in [0.4, 0.5) is 0 Å². The van der Waals surface area contributed by atoms with Crippen LogP contribution in [-0.2, 0) is 20.7 Å². The highest BCUT2D eigenvalue weighted by molar-refractivity contribution is 5.82. The molecule has 0 saturated heterocycles. The predicted octanol–water partition coefficient (Wildman–Crippen LogP) is 1.37. The van der Waals surface area contributed by atoms with Crippen LogP contribution < -0.4 is 5.32 Å². The van der Waals surface area contributed by atoms with E-state index in [0.29, 0.717) is 5.56 Å². The lowest BCUT2D eigenvalue weighted by molar-refractivity contribution is -0.158. The maximum absolute atomic E-state index is 12.3. The summed E-state index contributed by atoms with van der Waals surface area (Å²) in [5, 5.41) is 21.6. The standard InChI is InChI=1S/C15H19NO5/c1-15(2,3)21-14(20)12-10-7-9(17)5-4-8(10)6-11(16-12)13(18)19/h4-5,7,11-12,16-17H,6H2,1-3H3,(H,18,19)/t11?,12-/m1/s1. The van der Waals surface area contributed by atoms with Crippen LogP contribution in [0, 0.1) is 0 Å². The maximum Gasteiger partial charge on any atom is 0.328 e. The van der Waals surface area contributed by atoms with Crippen LogP contribution in [0.25, 0.3) is 0 Å². The molecule has 1 aromatic carbocycles. The fourth-order valence-corrected chi connectivity index (χ4v) is 2.32. The maximum atomic E-state index is 12.3. The van der Waals surface area contributed by atoms with Crippen LogP contribution >= 0.6 is 0 Å². The number of aromatic hydroxyl groups is 1. The van der Waals surface area contributed by atoms with E-state index < -0.39 is 29.6 Å². The van der Waals surface area contributed by atoms with Crippen molar-refractivity contribution >= 4 is 11.9 Å². The van der Waals surface area contributed by atoms with Gasteiger partial charge in [0.15, 0.2) is 0 Å². The van der Waals surface area contributed by atoms with Crippen molar-refractivity contribution in [3.05, 3.63) is 29.3 Å². The van der Waals surface area contributed by atoms with Gasteiger partial charge in [0.25, 0.3) is 0 Å². The molecule has 1 aliphatic heterocycles. The molecule has 1 aromatic rings. The summed E-state index contributed by atoms with van der Waals surface area (Å²) in [4.78, 5) is 23.5. The van der Waals surface area contributed by atoms with Crippen molar-refractivity contribution in [1.82, 2.24) is 5.32 Å². The van der Waals surface area contributed by atoms with Crippen molar-refractivity contribution in [2.75, 3.05) is 0 Å². The third kappa shape index (κ3) is 3.52. The summed E-state index contributed by atoms with van der Waals surface area (Å²) < 4.78 is 5.33. The molecule has 0 bridgehead atoms. The van der Waals surface area contributed by atoms with Gasteiger partial charge in [0.1, 0.15) is 23.4 Å². The number of nitrogens with one attached hydrogen (secondary N) is 1. The van der Waals surface area contributed by atoms with E-state index in [9.17, 15) is 19.8 Å². The van der Waals surface area contributed by atoms with Gasteiger partial charge in [-0.1, -0.05) is 6.07 Å². The number of carboxylic acid groups (broad SMARTS) is 1. The lowest BCUT2D eigenvalue weighted by Crippen LogP contribution is -2.48. The molecule has 3 N–H and O–H groups in total. The van der Waals surface area contributed by atoms with Gasteiger partial charge in [0.05, 0.1) is 0 Å². The van der Waals surface area contributed by atoms with E-state index in [0.717, 1.165) is 5.56 Å². The van der Waals surface area contributed by atoms with E-state index in [4.69, 9.17) is 4.74 Å². The summed E-state index contributed by atoms with van der Waals surface area (Å²) in [7, 11) is 0. The highest BCUT2D eigenvalue weighted by atomic mass is 16.6. The van der Waals surface area contributed by atoms with Crippen LogP contribution in [0.3, 0.4) is 0 Å². The Hall–Kier alpha value is -2.08. The first-order valence-electron chi connectivity index (χ1n) is 6.71. The molecule has 0 saturated carbocycles. The number of rotatable bonds is 2. The minimum Gasteiger partial charge on any atom is -0.508 e. The highest BCUT2D eigenvalue weighted by Gasteiger charge is 2.36. The molecular weight excluding hydrogens is 274 g/mol. The Kier molecular flexibility index (Phi) is 3.91. The van der Waals surface area contributed by atoms with Crippen molar-refractivity contribution in [3.63, 3.8) is 0 Å². The van der Waals surface area contributed by atoms with E-state index in [1.54, 1.807) is 26.8 Å². The molecule has 6 nitrogen and oxygen atoms in total. The molecule has 0 amide bonds. The smallest absolute Gasteiger partial charge is 0.328 e. The van der Waals surface area contributed by atoms with Crippen LogP contribution in [0.5, 0.6) is 5.75 Å². The summed E-state index contributed by atoms with van der Waals surface area (Å²) >= 11 is 0. The number of benzene rings is 1. The summed E-state index contributed by atoms with van der Waals surface area (Å²) in [5.41, 5.74) is 0.600. The average molecular weight is 293 g/mol. The molecule has 0 spiro atoms. The zero-order valence-corrected chi connectivity index (χ0v) is 12.2. The van der Waals surface area contributed by atoms with Gasteiger partial charge in [-0.15, -0.1) is 0 Å². The Bertz CT molecular complexity index is 576. The van der Waals surface area contributed by atoms with E-state index in [-0.39, 0.29) is 12.2 Å². The number of ether oxygens (including phenoxy) is 1. The number of carbonyl (C=O) groups excluding carboxylic acids is 1. The largest absolute Gasteiger partial charge is 0.508 e. The Morgan fingerprint density at radius 2 is 2.00 bits per heavy atom. The number of hydrogen-bond donors (Lipinski definition) is 3. The molecule has 0 fully saturated rings. The first-order chi connectivity index (χ1) is 9.67. The Morgan fingerprint density at radius 3 is 2.57 bits per heavy atom. The Labute approximate surface area is 122 Å². The van der Waals surface area contributed by atoms with E-state index in [1.165, 1.54) is 12.1 Å². The second-order valence-corrected chi connectivity index (χ2v) is 6.11. The monoisotopic (exact) mass is 293 g/mol. The molecule has 114 valence electrons. The fraction of sp³-hybridized carbons (Fsp3) is 0.467. The quantitative estimate of drug-likeness (QED) is 0.713. The SMILES string of the molecule is CC(C)(C)OC(=O)[C@@H]1NC(C(=O)O)Cc2ccc(O)cc21. The number of carbonyl (C=O) groups is 2. The Morgan fingerprint density at radius 1 is 1.33 bits per heavy atom. The van der Waals surface area contributed by atoms with Gasteiger partial charge in [-0.05, 0) is 50.5 Å². The lowest BCUT2D eigenvalue weighted by Gasteiger charge is -2.32. The van der Waals surface area contributed by atoms with Crippen LogP contribution in [0.1, 0.15) is 37.9 Å². The first-order valence-corrected chi connectivity index (χ1v) is 6.71.